The number of methoxy groups -OCH3 is 1. The van der Waals surface area contributed by atoms with Gasteiger partial charge in [-0.15, -0.1) is 0 Å². The summed E-state index contributed by atoms with van der Waals surface area (Å²) in [7, 11) is 0.750. The van der Waals surface area contributed by atoms with Crippen LogP contribution in [0, 0.1) is 0 Å². The highest BCUT2D eigenvalue weighted by atomic mass is 32.2. The standard InChI is InChI=1S/C36H36N2O8S/c1-19-16-35(2,3)37(6)28-14-30-26(12-23(19)28)32(25-11-20(34(41)45-8)9-10-22(25)33(39)40)27-13-24-21(18-47(42,43)44)17-36(4,5)38(7)29(24)15-31(27)46-30/h9-17H,18H2,1-8H3,(H-,39,40,42,43,44)/p+1. The van der Waals surface area contributed by atoms with Crippen LogP contribution in [0.15, 0.2) is 54.6 Å². The van der Waals surface area contributed by atoms with Crippen LogP contribution in [0.5, 0.6) is 11.5 Å². The predicted octanol–water partition coefficient (Wildman–Crippen LogP) is 4.34. The van der Waals surface area contributed by atoms with E-state index >= 15 is 0 Å². The monoisotopic (exact) mass is 657 g/mol. The van der Waals surface area contributed by atoms with Crippen molar-refractivity contribution in [2.75, 3.05) is 31.9 Å². The summed E-state index contributed by atoms with van der Waals surface area (Å²) in [5.41, 5.74) is 4.44. The minimum absolute atomic E-state index is 0.0423. The summed E-state index contributed by atoms with van der Waals surface area (Å²) in [4.78, 5) is 27.6. The number of hydrogen-bond acceptors (Lipinski definition) is 7. The molecule has 0 atom stereocenters. The van der Waals surface area contributed by atoms with E-state index in [0.29, 0.717) is 44.3 Å². The van der Waals surface area contributed by atoms with Gasteiger partial charge < -0.3 is 19.5 Å². The van der Waals surface area contributed by atoms with Gasteiger partial charge in [-0.05, 0) is 73.9 Å². The molecule has 3 aliphatic rings. The van der Waals surface area contributed by atoms with Gasteiger partial charge in [0, 0.05) is 54.6 Å². The van der Waals surface area contributed by atoms with Crippen molar-refractivity contribution in [3.63, 3.8) is 0 Å². The van der Waals surface area contributed by atoms with Gasteiger partial charge in [-0.25, -0.2) is 14.2 Å². The Morgan fingerprint density at radius 1 is 0.957 bits per heavy atom. The van der Waals surface area contributed by atoms with E-state index in [-0.39, 0.29) is 22.2 Å². The first-order chi connectivity index (χ1) is 21.8. The predicted molar refractivity (Wildman–Crippen MR) is 180 cm³/mol. The highest BCUT2D eigenvalue weighted by Gasteiger charge is 2.36. The van der Waals surface area contributed by atoms with Crippen LogP contribution in [-0.4, -0.2) is 68.1 Å². The maximum atomic E-state index is 12.7. The van der Waals surface area contributed by atoms with Gasteiger partial charge in [-0.1, -0.05) is 6.08 Å². The average Bonchev–Trinajstić information content (AvgIpc) is 2.98. The van der Waals surface area contributed by atoms with Gasteiger partial charge in [0.2, 0.25) is 5.36 Å². The van der Waals surface area contributed by atoms with Gasteiger partial charge in [-0.3, -0.25) is 4.55 Å². The van der Waals surface area contributed by atoms with Crippen molar-refractivity contribution < 1.29 is 37.1 Å². The third-order valence-corrected chi connectivity index (χ3v) is 10.2. The Balaban J connectivity index is 1.80. The van der Waals surface area contributed by atoms with Crippen LogP contribution in [-0.2, 0) is 14.9 Å². The second-order valence-corrected chi connectivity index (χ2v) is 14.9. The summed E-state index contributed by atoms with van der Waals surface area (Å²) < 4.78 is 47.9. The number of carboxylic acid groups (broad SMARTS) is 1. The number of hydrogen-bond donors (Lipinski definition) is 2. The Hall–Kier alpha value is -4.74. The number of ether oxygens (including phenoxy) is 2. The first-order valence-corrected chi connectivity index (χ1v) is 16.7. The summed E-state index contributed by atoms with van der Waals surface area (Å²) in [6, 6.07) is 11.8. The third kappa shape index (κ3) is 5.33. The molecule has 3 aromatic rings. The molecule has 244 valence electrons. The maximum Gasteiger partial charge on any atom is 0.337 e. The van der Waals surface area contributed by atoms with Crippen LogP contribution in [0.2, 0.25) is 0 Å². The van der Waals surface area contributed by atoms with Gasteiger partial charge in [0.15, 0.2) is 5.54 Å². The largest absolute Gasteiger partial charge is 0.478 e. The van der Waals surface area contributed by atoms with E-state index in [2.05, 4.69) is 24.8 Å². The number of carbonyl (C=O) groups excluding carboxylic acids is 1. The topological polar surface area (TPSA) is 133 Å². The van der Waals surface area contributed by atoms with Gasteiger partial charge in [0.25, 0.3) is 10.1 Å². The second-order valence-electron chi connectivity index (χ2n) is 13.4. The highest BCUT2D eigenvalue weighted by molar-refractivity contribution is 7.86. The number of carbonyl (C=O) groups is 2. The number of nitrogens with zero attached hydrogens (tertiary/aromatic N) is 2. The molecule has 2 N–H and O–H groups in total. The average molecular weight is 658 g/mol. The molecule has 0 radical (unpaired) electrons. The molecule has 11 heteroatoms. The molecular weight excluding hydrogens is 620 g/mol. The first kappa shape index (κ1) is 32.2. The quantitative estimate of drug-likeness (QED) is 0.183. The summed E-state index contributed by atoms with van der Waals surface area (Å²) in [5, 5.41) is 11.5. The number of aromatic carboxylic acids is 1. The zero-order valence-corrected chi connectivity index (χ0v) is 28.4. The zero-order valence-electron chi connectivity index (χ0n) is 27.5. The Morgan fingerprint density at radius 2 is 1.66 bits per heavy atom. The maximum absolute atomic E-state index is 12.7. The van der Waals surface area contributed by atoms with Crippen molar-refractivity contribution in [2.45, 2.75) is 45.7 Å². The van der Waals surface area contributed by atoms with Gasteiger partial charge in [-0.2, -0.15) is 8.42 Å². The molecule has 0 saturated carbocycles. The number of fused-ring (bicyclic) bond motifs is 4. The van der Waals surface area contributed by atoms with E-state index in [1.807, 2.05) is 57.6 Å². The lowest BCUT2D eigenvalue weighted by Crippen LogP contribution is -2.47. The van der Waals surface area contributed by atoms with Crippen LogP contribution in [0.3, 0.4) is 0 Å². The fourth-order valence-electron chi connectivity index (χ4n) is 6.80. The molecule has 47 heavy (non-hydrogen) atoms. The molecule has 0 unspecified atom stereocenters. The van der Waals surface area contributed by atoms with Gasteiger partial charge in [0.05, 0.1) is 35.4 Å². The molecule has 0 bridgehead atoms. The van der Waals surface area contributed by atoms with E-state index in [0.717, 1.165) is 16.8 Å². The smallest absolute Gasteiger partial charge is 0.337 e. The Kier molecular flexibility index (Phi) is 7.30. The molecule has 3 aromatic carbocycles. The number of anilines is 1. The molecule has 0 aliphatic carbocycles. The SMILES string of the molecule is COC(=O)c1ccc(C(=O)O)c(C2=c3cc4c(cc3Oc3cc5c(cc32)C(C)=CC(C)(C)N5C)=[N+](C)C(C)(C)C=C4CS(=O)(=O)O)c1. The molecule has 0 spiro atoms. The lowest BCUT2D eigenvalue weighted by Gasteiger charge is -2.41. The van der Waals surface area contributed by atoms with E-state index in [1.54, 1.807) is 12.1 Å². The molecule has 0 amide bonds. The molecule has 0 fully saturated rings. The lowest BCUT2D eigenvalue weighted by atomic mass is 9.83. The highest BCUT2D eigenvalue weighted by Crippen LogP contribution is 2.46. The molecule has 0 aromatic heterocycles. The Morgan fingerprint density at radius 3 is 2.30 bits per heavy atom. The number of esters is 1. The Bertz CT molecular complexity index is 2240. The molecular formula is C36H37N2O8S+. The number of likely N-dealkylation sites (N-methyl/N-ethyl adjacent to an activating group) is 2. The van der Waals surface area contributed by atoms with Crippen molar-refractivity contribution in [3.05, 3.63) is 98.6 Å². The number of rotatable bonds is 5. The van der Waals surface area contributed by atoms with Gasteiger partial charge >= 0.3 is 11.9 Å². The fraction of sp³-hybridized carbons (Fsp3) is 0.306. The van der Waals surface area contributed by atoms with Crippen molar-refractivity contribution in [3.8, 4) is 11.5 Å². The van der Waals surface area contributed by atoms with Crippen LogP contribution in [0.1, 0.15) is 77.6 Å². The van der Waals surface area contributed by atoms with E-state index < -0.39 is 33.3 Å². The van der Waals surface area contributed by atoms with Crippen molar-refractivity contribution >= 4 is 44.5 Å². The van der Waals surface area contributed by atoms with E-state index in [1.165, 1.54) is 25.3 Å². The second kappa shape index (κ2) is 10.6. The van der Waals surface area contributed by atoms with Crippen LogP contribution >= 0.6 is 0 Å². The van der Waals surface area contributed by atoms with Crippen LogP contribution in [0.4, 0.5) is 5.69 Å². The number of benzene rings is 3. The van der Waals surface area contributed by atoms with Crippen LogP contribution < -0.4 is 24.8 Å². The van der Waals surface area contributed by atoms with E-state index in [4.69, 9.17) is 9.47 Å². The van der Waals surface area contributed by atoms with E-state index in [9.17, 15) is 27.7 Å². The minimum Gasteiger partial charge on any atom is -0.478 e. The molecule has 6 rings (SSSR count). The van der Waals surface area contributed by atoms with Crippen molar-refractivity contribution in [1.29, 1.82) is 0 Å². The van der Waals surface area contributed by atoms with Crippen molar-refractivity contribution in [1.82, 2.24) is 4.58 Å². The number of allylic oxidation sites excluding steroid dienone is 1. The number of carboxylic acids is 1. The third-order valence-electron chi connectivity index (χ3n) is 9.55. The summed E-state index contributed by atoms with van der Waals surface area (Å²) >= 11 is 0. The first-order valence-electron chi connectivity index (χ1n) is 15.1. The molecule has 3 aliphatic heterocycles. The van der Waals surface area contributed by atoms with Crippen molar-refractivity contribution in [2.24, 2.45) is 0 Å². The minimum atomic E-state index is -4.40. The molecule has 3 heterocycles. The normalized spacial score (nSPS) is 17.3. The molecule has 0 saturated heterocycles. The molecule has 10 nitrogen and oxygen atoms in total. The lowest BCUT2D eigenvalue weighted by molar-refractivity contribution is 0.0598. The zero-order chi connectivity index (χ0) is 34.4. The Labute approximate surface area is 273 Å². The van der Waals surface area contributed by atoms with Crippen LogP contribution in [0.25, 0.3) is 16.7 Å². The summed E-state index contributed by atoms with van der Waals surface area (Å²) in [5.74, 6) is -1.51. The summed E-state index contributed by atoms with van der Waals surface area (Å²) in [6.07, 6.45) is 3.97. The fourth-order valence-corrected chi connectivity index (χ4v) is 7.44. The summed E-state index contributed by atoms with van der Waals surface area (Å²) in [6.45, 7) is 10.1. The van der Waals surface area contributed by atoms with Gasteiger partial charge in [0.1, 0.15) is 24.3 Å².